The summed E-state index contributed by atoms with van der Waals surface area (Å²) in [5, 5.41) is 11.7. The van der Waals surface area contributed by atoms with Crippen molar-refractivity contribution in [3.63, 3.8) is 0 Å². The largest absolute Gasteiger partial charge is 0.481 e. The van der Waals surface area contributed by atoms with Gasteiger partial charge < -0.3 is 20.2 Å². The minimum atomic E-state index is -0.791. The van der Waals surface area contributed by atoms with Crippen molar-refractivity contribution in [2.75, 3.05) is 33.7 Å². The minimum absolute atomic E-state index is 0.0702. The Bertz CT molecular complexity index is 329. The summed E-state index contributed by atoms with van der Waals surface area (Å²) in [7, 11) is 3.98. The van der Waals surface area contributed by atoms with Crippen LogP contribution in [0.5, 0.6) is 0 Å². The number of aliphatic carboxylic acids is 1. The first-order valence-electron chi connectivity index (χ1n) is 7.19. The lowest BCUT2D eigenvalue weighted by Gasteiger charge is -2.39. The van der Waals surface area contributed by atoms with Gasteiger partial charge in [-0.15, -0.1) is 0 Å². The molecule has 1 aliphatic rings. The predicted molar refractivity (Wildman–Crippen MR) is 77.6 cm³/mol. The van der Waals surface area contributed by atoms with E-state index in [4.69, 9.17) is 5.11 Å². The van der Waals surface area contributed by atoms with Gasteiger partial charge >= 0.3 is 12.0 Å². The van der Waals surface area contributed by atoms with E-state index < -0.39 is 5.97 Å². The molecule has 1 rings (SSSR count). The lowest BCUT2D eigenvalue weighted by atomic mass is 9.97. The number of carboxylic acids is 1. The van der Waals surface area contributed by atoms with Gasteiger partial charge in [0.25, 0.3) is 0 Å². The monoisotopic (exact) mass is 285 g/mol. The topological polar surface area (TPSA) is 72.9 Å². The Morgan fingerprint density at radius 1 is 1.35 bits per heavy atom. The molecule has 0 spiro atoms. The summed E-state index contributed by atoms with van der Waals surface area (Å²) in [6.07, 6.45) is 1.09. The van der Waals surface area contributed by atoms with Crippen LogP contribution in [0, 0.1) is 11.8 Å². The van der Waals surface area contributed by atoms with Crippen molar-refractivity contribution in [3.8, 4) is 0 Å². The molecule has 1 saturated heterocycles. The van der Waals surface area contributed by atoms with E-state index in [0.717, 1.165) is 13.0 Å². The molecule has 1 aliphatic heterocycles. The lowest BCUT2D eigenvalue weighted by molar-refractivity contribution is -0.139. The maximum atomic E-state index is 12.1. The lowest BCUT2D eigenvalue weighted by Crippen LogP contribution is -2.57. The molecule has 6 nitrogen and oxygen atoms in total. The van der Waals surface area contributed by atoms with Gasteiger partial charge in [-0.25, -0.2) is 4.79 Å². The van der Waals surface area contributed by atoms with Crippen LogP contribution in [0.1, 0.15) is 26.7 Å². The Morgan fingerprint density at radius 3 is 2.40 bits per heavy atom. The average molecular weight is 285 g/mol. The number of nitrogens with one attached hydrogen (secondary N) is 1. The van der Waals surface area contributed by atoms with E-state index in [-0.39, 0.29) is 24.4 Å². The summed E-state index contributed by atoms with van der Waals surface area (Å²) in [5.41, 5.74) is 0. The molecule has 1 atom stereocenters. The van der Waals surface area contributed by atoms with Crippen molar-refractivity contribution >= 4 is 12.0 Å². The maximum Gasteiger partial charge on any atom is 0.317 e. The standard InChI is InChI=1S/C14H27N3O3/c1-10(2)5-12(9-16(3)4)15-14(20)17-7-11(8-17)6-13(18)19/h10-12H,5-9H2,1-4H3,(H,15,20)(H,18,19). The Morgan fingerprint density at radius 2 is 1.95 bits per heavy atom. The van der Waals surface area contributed by atoms with Gasteiger partial charge in [0, 0.05) is 31.6 Å². The zero-order chi connectivity index (χ0) is 15.3. The number of urea groups is 1. The minimum Gasteiger partial charge on any atom is -0.481 e. The predicted octanol–water partition coefficient (Wildman–Crippen LogP) is 1.08. The summed E-state index contributed by atoms with van der Waals surface area (Å²) in [6.45, 7) is 6.20. The Balaban J connectivity index is 2.37. The molecule has 0 aliphatic carbocycles. The quantitative estimate of drug-likeness (QED) is 0.734. The molecule has 1 heterocycles. The van der Waals surface area contributed by atoms with E-state index in [2.05, 4.69) is 24.1 Å². The summed E-state index contributed by atoms with van der Waals surface area (Å²) >= 11 is 0. The van der Waals surface area contributed by atoms with Gasteiger partial charge in [-0.2, -0.15) is 0 Å². The van der Waals surface area contributed by atoms with Gasteiger partial charge in [0.05, 0.1) is 6.42 Å². The van der Waals surface area contributed by atoms with Crippen molar-refractivity contribution in [1.29, 1.82) is 0 Å². The second-order valence-electron chi connectivity index (χ2n) is 6.41. The van der Waals surface area contributed by atoms with Gasteiger partial charge in [-0.05, 0) is 26.4 Å². The van der Waals surface area contributed by atoms with Crippen LogP contribution in [0.2, 0.25) is 0 Å². The number of amides is 2. The van der Waals surface area contributed by atoms with E-state index in [1.807, 2.05) is 14.1 Å². The van der Waals surface area contributed by atoms with Crippen LogP contribution in [0.25, 0.3) is 0 Å². The van der Waals surface area contributed by atoms with Crippen LogP contribution >= 0.6 is 0 Å². The molecular formula is C14H27N3O3. The summed E-state index contributed by atoms with van der Waals surface area (Å²) in [6, 6.07) is 0.0650. The van der Waals surface area contributed by atoms with E-state index in [1.54, 1.807) is 4.90 Å². The van der Waals surface area contributed by atoms with Gasteiger partial charge in [0.2, 0.25) is 0 Å². The molecule has 2 N–H and O–H groups in total. The second-order valence-corrected chi connectivity index (χ2v) is 6.41. The molecule has 0 radical (unpaired) electrons. The third-order valence-corrected chi connectivity index (χ3v) is 3.38. The fourth-order valence-corrected chi connectivity index (χ4v) is 2.57. The molecule has 0 saturated carbocycles. The van der Waals surface area contributed by atoms with Crippen molar-refractivity contribution in [2.24, 2.45) is 11.8 Å². The molecule has 6 heteroatoms. The Hall–Kier alpha value is -1.30. The van der Waals surface area contributed by atoms with E-state index in [0.29, 0.717) is 19.0 Å². The van der Waals surface area contributed by atoms with Crippen LogP contribution in [0.3, 0.4) is 0 Å². The summed E-state index contributed by atoms with van der Waals surface area (Å²) in [4.78, 5) is 26.4. The number of rotatable bonds is 7. The van der Waals surface area contributed by atoms with Gasteiger partial charge in [-0.1, -0.05) is 13.8 Å². The number of carbonyl (C=O) groups excluding carboxylic acids is 1. The molecule has 0 aromatic heterocycles. The third-order valence-electron chi connectivity index (χ3n) is 3.38. The SMILES string of the molecule is CC(C)CC(CN(C)C)NC(=O)N1CC(CC(=O)O)C1. The zero-order valence-corrected chi connectivity index (χ0v) is 12.9. The molecule has 116 valence electrons. The fourth-order valence-electron chi connectivity index (χ4n) is 2.57. The van der Waals surface area contributed by atoms with Crippen LogP contribution in [0.15, 0.2) is 0 Å². The van der Waals surface area contributed by atoms with E-state index in [1.165, 1.54) is 0 Å². The summed E-state index contributed by atoms with van der Waals surface area (Å²) in [5.74, 6) is -0.160. The molecule has 0 aromatic carbocycles. The first-order valence-corrected chi connectivity index (χ1v) is 7.19. The van der Waals surface area contributed by atoms with Gasteiger partial charge in [-0.3, -0.25) is 4.79 Å². The molecule has 1 fully saturated rings. The molecule has 0 bridgehead atoms. The van der Waals surface area contributed by atoms with Gasteiger partial charge in [0.15, 0.2) is 0 Å². The Labute approximate surface area is 121 Å². The highest BCUT2D eigenvalue weighted by Gasteiger charge is 2.32. The van der Waals surface area contributed by atoms with Crippen LogP contribution in [-0.2, 0) is 4.79 Å². The van der Waals surface area contributed by atoms with E-state index in [9.17, 15) is 9.59 Å². The number of hydrogen-bond acceptors (Lipinski definition) is 3. The first kappa shape index (κ1) is 16.8. The number of carbonyl (C=O) groups is 2. The van der Waals surface area contributed by atoms with Crippen molar-refractivity contribution < 1.29 is 14.7 Å². The van der Waals surface area contributed by atoms with Crippen molar-refractivity contribution in [1.82, 2.24) is 15.1 Å². The van der Waals surface area contributed by atoms with Crippen LogP contribution in [-0.4, -0.2) is 66.7 Å². The van der Waals surface area contributed by atoms with Crippen molar-refractivity contribution in [3.05, 3.63) is 0 Å². The zero-order valence-electron chi connectivity index (χ0n) is 12.9. The number of likely N-dealkylation sites (N-methyl/N-ethyl adjacent to an activating group) is 1. The highest BCUT2D eigenvalue weighted by atomic mass is 16.4. The van der Waals surface area contributed by atoms with Crippen LogP contribution < -0.4 is 5.32 Å². The number of nitrogens with zero attached hydrogens (tertiary/aromatic N) is 2. The molecule has 0 aromatic rings. The molecule has 20 heavy (non-hydrogen) atoms. The average Bonchev–Trinajstić information content (AvgIpc) is 2.19. The molecule has 2 amide bonds. The normalized spacial score (nSPS) is 17.2. The fraction of sp³-hybridized carbons (Fsp3) is 0.857. The molecular weight excluding hydrogens is 258 g/mol. The van der Waals surface area contributed by atoms with Crippen molar-refractivity contribution in [2.45, 2.75) is 32.7 Å². The maximum absolute atomic E-state index is 12.1. The number of likely N-dealkylation sites (tertiary alicyclic amines) is 1. The second kappa shape index (κ2) is 7.47. The Kier molecular flexibility index (Phi) is 6.26. The first-order chi connectivity index (χ1) is 9.27. The third kappa shape index (κ3) is 5.77. The highest BCUT2D eigenvalue weighted by molar-refractivity contribution is 5.76. The van der Waals surface area contributed by atoms with E-state index >= 15 is 0 Å². The number of carboxylic acid groups (broad SMARTS) is 1. The summed E-state index contributed by atoms with van der Waals surface area (Å²) < 4.78 is 0. The van der Waals surface area contributed by atoms with Gasteiger partial charge in [0.1, 0.15) is 0 Å². The molecule has 1 unspecified atom stereocenters. The smallest absolute Gasteiger partial charge is 0.317 e. The van der Waals surface area contributed by atoms with Crippen LogP contribution in [0.4, 0.5) is 4.79 Å². The highest BCUT2D eigenvalue weighted by Crippen LogP contribution is 2.19. The number of hydrogen-bond donors (Lipinski definition) is 2.